The Morgan fingerprint density at radius 1 is 1.00 bits per heavy atom. The fourth-order valence-electron chi connectivity index (χ4n) is 4.18. The highest BCUT2D eigenvalue weighted by Crippen LogP contribution is 2.36. The smallest absolute Gasteiger partial charge is 0.169 e. The van der Waals surface area contributed by atoms with E-state index in [0.29, 0.717) is 0 Å². The zero-order chi connectivity index (χ0) is 22.7. The molecule has 0 radical (unpaired) electrons. The topological polar surface area (TPSA) is 92.2 Å². The van der Waals surface area contributed by atoms with Crippen LogP contribution in [0.5, 0.6) is 0 Å². The zero-order valence-corrected chi connectivity index (χ0v) is 19.1. The highest BCUT2D eigenvalue weighted by molar-refractivity contribution is 7.17. The predicted molar refractivity (Wildman–Crippen MR) is 131 cm³/mol. The third-order valence-corrected chi connectivity index (χ3v) is 7.26. The number of hydrogen-bond donors (Lipinski definition) is 2. The monoisotopic (exact) mass is 452 g/mol. The Balaban J connectivity index is 1.49. The summed E-state index contributed by atoms with van der Waals surface area (Å²) in [6.45, 7) is 3.58. The van der Waals surface area contributed by atoms with Crippen molar-refractivity contribution in [3.8, 4) is 33.2 Å². The lowest BCUT2D eigenvalue weighted by atomic mass is 10.1. The Kier molecular flexibility index (Phi) is 4.31. The van der Waals surface area contributed by atoms with Crippen LogP contribution in [0.1, 0.15) is 22.4 Å². The molecule has 7 nitrogen and oxygen atoms in total. The van der Waals surface area contributed by atoms with Gasteiger partial charge >= 0.3 is 0 Å². The molecular formula is C25H20N6OS. The number of ketones is 1. The van der Waals surface area contributed by atoms with E-state index in [2.05, 4.69) is 47.9 Å². The molecule has 0 aliphatic rings. The SMILES string of the molecule is CC(=O)c1ccc(-c2nccc3[nH]c(-c4n[nH]c5ccc(-c6cnc(C)n6C)cc45)cc23)s1. The van der Waals surface area contributed by atoms with Crippen molar-refractivity contribution in [1.82, 2.24) is 29.7 Å². The molecule has 33 heavy (non-hydrogen) atoms. The number of pyridine rings is 1. The Morgan fingerprint density at radius 2 is 1.85 bits per heavy atom. The summed E-state index contributed by atoms with van der Waals surface area (Å²) in [6.07, 6.45) is 3.68. The summed E-state index contributed by atoms with van der Waals surface area (Å²) in [5.74, 6) is 1.03. The quantitative estimate of drug-likeness (QED) is 0.333. The second kappa shape index (κ2) is 7.25. The van der Waals surface area contributed by atoms with Gasteiger partial charge < -0.3 is 9.55 Å². The van der Waals surface area contributed by atoms with E-state index in [9.17, 15) is 4.79 Å². The predicted octanol–water partition coefficient (Wildman–Crippen LogP) is 5.75. The van der Waals surface area contributed by atoms with Gasteiger partial charge in [-0.25, -0.2) is 4.98 Å². The summed E-state index contributed by atoms with van der Waals surface area (Å²) in [7, 11) is 2.02. The number of fused-ring (bicyclic) bond motifs is 2. The number of imidazole rings is 1. The van der Waals surface area contributed by atoms with Crippen molar-refractivity contribution < 1.29 is 4.79 Å². The van der Waals surface area contributed by atoms with Gasteiger partial charge in [0.15, 0.2) is 5.78 Å². The lowest BCUT2D eigenvalue weighted by Gasteiger charge is -2.04. The van der Waals surface area contributed by atoms with Crippen LogP contribution in [-0.2, 0) is 7.05 Å². The number of thiophene rings is 1. The van der Waals surface area contributed by atoms with Gasteiger partial charge in [0.25, 0.3) is 0 Å². The minimum Gasteiger partial charge on any atom is -0.353 e. The molecule has 0 aliphatic carbocycles. The number of nitrogens with zero attached hydrogens (tertiary/aromatic N) is 4. The Morgan fingerprint density at radius 3 is 2.61 bits per heavy atom. The molecule has 0 saturated carbocycles. The maximum atomic E-state index is 11.8. The molecule has 0 amide bonds. The highest BCUT2D eigenvalue weighted by Gasteiger charge is 2.17. The minimum atomic E-state index is 0.0654. The number of aryl methyl sites for hydroxylation is 1. The summed E-state index contributed by atoms with van der Waals surface area (Å²) in [5, 5.41) is 9.79. The molecule has 0 aliphatic heterocycles. The zero-order valence-electron chi connectivity index (χ0n) is 18.3. The normalized spacial score (nSPS) is 11.6. The van der Waals surface area contributed by atoms with Gasteiger partial charge in [-0.3, -0.25) is 14.9 Å². The second-order valence-electron chi connectivity index (χ2n) is 8.11. The van der Waals surface area contributed by atoms with E-state index >= 15 is 0 Å². The first-order valence-electron chi connectivity index (χ1n) is 10.6. The van der Waals surface area contributed by atoms with Crippen molar-refractivity contribution in [1.29, 1.82) is 0 Å². The number of rotatable bonds is 4. The molecule has 162 valence electrons. The fraction of sp³-hybridized carbons (Fsp3) is 0.120. The van der Waals surface area contributed by atoms with Crippen molar-refractivity contribution in [2.75, 3.05) is 0 Å². The highest BCUT2D eigenvalue weighted by atomic mass is 32.1. The van der Waals surface area contributed by atoms with Gasteiger partial charge in [0.05, 0.1) is 38.5 Å². The molecule has 6 rings (SSSR count). The number of aromatic nitrogens is 6. The van der Waals surface area contributed by atoms with E-state index in [0.717, 1.165) is 65.7 Å². The number of hydrogen-bond acceptors (Lipinski definition) is 5. The maximum Gasteiger partial charge on any atom is 0.169 e. The Bertz CT molecular complexity index is 1680. The van der Waals surface area contributed by atoms with Gasteiger partial charge in [-0.15, -0.1) is 11.3 Å². The van der Waals surface area contributed by atoms with Crippen LogP contribution in [0.2, 0.25) is 0 Å². The number of nitrogens with one attached hydrogen (secondary N) is 2. The lowest BCUT2D eigenvalue weighted by Crippen LogP contribution is -1.94. The van der Waals surface area contributed by atoms with E-state index in [1.54, 1.807) is 13.1 Å². The van der Waals surface area contributed by atoms with E-state index in [1.807, 2.05) is 44.4 Å². The second-order valence-corrected chi connectivity index (χ2v) is 9.19. The Labute approximate surface area is 193 Å². The average Bonchev–Trinajstić information content (AvgIpc) is 3.59. The van der Waals surface area contributed by atoms with Crippen LogP contribution in [0.4, 0.5) is 0 Å². The summed E-state index contributed by atoms with van der Waals surface area (Å²) >= 11 is 1.47. The average molecular weight is 453 g/mol. The molecule has 0 unspecified atom stereocenters. The molecule has 0 fully saturated rings. The minimum absolute atomic E-state index is 0.0654. The van der Waals surface area contributed by atoms with Gasteiger partial charge in [0.1, 0.15) is 11.5 Å². The van der Waals surface area contributed by atoms with Crippen LogP contribution in [0.3, 0.4) is 0 Å². The number of benzene rings is 1. The lowest BCUT2D eigenvalue weighted by molar-refractivity contribution is 0.102. The van der Waals surface area contributed by atoms with E-state index in [4.69, 9.17) is 0 Å². The molecule has 5 heterocycles. The summed E-state index contributed by atoms with van der Waals surface area (Å²) in [4.78, 5) is 26.0. The van der Waals surface area contributed by atoms with Crippen LogP contribution in [0, 0.1) is 6.92 Å². The van der Waals surface area contributed by atoms with E-state index < -0.39 is 0 Å². The van der Waals surface area contributed by atoms with E-state index in [1.165, 1.54) is 11.3 Å². The summed E-state index contributed by atoms with van der Waals surface area (Å²) in [5.41, 5.74) is 6.70. The number of aromatic amines is 2. The summed E-state index contributed by atoms with van der Waals surface area (Å²) < 4.78 is 2.08. The van der Waals surface area contributed by atoms with E-state index in [-0.39, 0.29) is 5.78 Å². The molecule has 1 aromatic carbocycles. The van der Waals surface area contributed by atoms with Crippen molar-refractivity contribution in [2.24, 2.45) is 7.05 Å². The van der Waals surface area contributed by atoms with Gasteiger partial charge in [0, 0.05) is 35.1 Å². The summed E-state index contributed by atoms with van der Waals surface area (Å²) in [6, 6.07) is 14.1. The molecule has 6 aromatic rings. The van der Waals surface area contributed by atoms with Gasteiger partial charge in [-0.2, -0.15) is 5.10 Å². The number of carbonyl (C=O) groups excluding carboxylic acids is 1. The Hall–Kier alpha value is -4.04. The maximum absolute atomic E-state index is 11.8. The van der Waals surface area contributed by atoms with Crippen LogP contribution in [0.25, 0.3) is 55.0 Å². The largest absolute Gasteiger partial charge is 0.353 e. The standard InChI is InChI=1S/C25H20N6OS/c1-13(32)22-6-7-23(33-22)25-17-11-20(28-18(17)8-9-26-25)24-16-10-15(4-5-19(16)29-30-24)21-12-27-14(2)31(21)3/h4-12,28H,1-3H3,(H,29,30). The van der Waals surface area contributed by atoms with Gasteiger partial charge in [-0.05, 0) is 50.2 Å². The molecule has 2 N–H and O–H groups in total. The van der Waals surface area contributed by atoms with Crippen molar-refractivity contribution in [3.05, 3.63) is 65.6 Å². The third-order valence-electron chi connectivity index (χ3n) is 6.07. The first kappa shape index (κ1) is 19.6. The first-order valence-corrected chi connectivity index (χ1v) is 11.4. The molecule has 5 aromatic heterocycles. The van der Waals surface area contributed by atoms with Crippen molar-refractivity contribution >= 4 is 38.9 Å². The molecule has 0 atom stereocenters. The van der Waals surface area contributed by atoms with Gasteiger partial charge in [-0.1, -0.05) is 6.07 Å². The number of H-pyrrole nitrogens is 2. The van der Waals surface area contributed by atoms with Crippen LogP contribution >= 0.6 is 11.3 Å². The van der Waals surface area contributed by atoms with Crippen LogP contribution in [0.15, 0.2) is 54.9 Å². The van der Waals surface area contributed by atoms with Crippen LogP contribution in [-0.4, -0.2) is 35.5 Å². The first-order chi connectivity index (χ1) is 16.0. The number of carbonyl (C=O) groups is 1. The fourth-order valence-corrected chi connectivity index (χ4v) is 5.09. The number of Topliss-reactive ketones (excluding diaryl/α,β-unsaturated/α-hetero) is 1. The van der Waals surface area contributed by atoms with Gasteiger partial charge in [0.2, 0.25) is 0 Å². The molecular weight excluding hydrogens is 432 g/mol. The third kappa shape index (κ3) is 3.10. The van der Waals surface area contributed by atoms with Crippen molar-refractivity contribution in [2.45, 2.75) is 13.8 Å². The van der Waals surface area contributed by atoms with Crippen LogP contribution < -0.4 is 0 Å². The molecule has 8 heteroatoms. The molecule has 0 saturated heterocycles. The molecule has 0 bridgehead atoms. The molecule has 0 spiro atoms. The van der Waals surface area contributed by atoms with Crippen molar-refractivity contribution in [3.63, 3.8) is 0 Å².